The first-order chi connectivity index (χ1) is 13.7. The van der Waals surface area contributed by atoms with Gasteiger partial charge < -0.3 is 14.6 Å². The molecule has 0 saturated heterocycles. The first kappa shape index (κ1) is 24.1. The normalized spacial score (nSPS) is 13.8. The van der Waals surface area contributed by atoms with Gasteiger partial charge in [0.15, 0.2) is 5.75 Å². The van der Waals surface area contributed by atoms with E-state index < -0.39 is 6.10 Å². The lowest BCUT2D eigenvalue weighted by atomic mass is 9.78. The Morgan fingerprint density at radius 2 is 1.55 bits per heavy atom. The lowest BCUT2D eigenvalue weighted by Crippen LogP contribution is -2.19. The molecule has 0 radical (unpaired) electrons. The van der Waals surface area contributed by atoms with E-state index in [1.165, 1.54) is 0 Å². The Morgan fingerprint density at radius 3 is 2.07 bits per heavy atom. The molecule has 0 aromatic heterocycles. The van der Waals surface area contributed by atoms with Gasteiger partial charge in [-0.05, 0) is 41.8 Å². The number of alkyl halides is 1. The van der Waals surface area contributed by atoms with Gasteiger partial charge in [0, 0.05) is 17.2 Å². The summed E-state index contributed by atoms with van der Waals surface area (Å²) in [6.45, 7) is 8.89. The standard InChI is InChI=1S/C23H29Cl3O3/c1-5-18(27)14-28-19-8-6-16(7-9-19)23(3,4)17-10-20(25)22(21(26)11-17)29-13-15(2)12-24/h6-11,15,18,27H,5,12-14H2,1-4H3/t15-,18+/m0/s1. The number of benzene rings is 2. The summed E-state index contributed by atoms with van der Waals surface area (Å²) in [5.74, 6) is 1.93. The number of ether oxygens (including phenoxy) is 2. The number of hydrogen-bond acceptors (Lipinski definition) is 3. The largest absolute Gasteiger partial charge is 0.491 e. The SMILES string of the molecule is CC[C@@H](O)COc1ccc(C(C)(C)c2cc(Cl)c(OC[C@@H](C)CCl)c(Cl)c2)cc1. The van der Waals surface area contributed by atoms with E-state index in [0.717, 1.165) is 16.9 Å². The monoisotopic (exact) mass is 458 g/mol. The zero-order valence-electron chi connectivity index (χ0n) is 17.3. The van der Waals surface area contributed by atoms with Gasteiger partial charge in [-0.3, -0.25) is 0 Å². The van der Waals surface area contributed by atoms with Crippen molar-refractivity contribution in [1.29, 1.82) is 0 Å². The first-order valence-corrected chi connectivity index (χ1v) is 11.1. The van der Waals surface area contributed by atoms with Gasteiger partial charge in [0.2, 0.25) is 0 Å². The van der Waals surface area contributed by atoms with E-state index in [1.807, 2.05) is 50.2 Å². The molecule has 6 heteroatoms. The highest BCUT2D eigenvalue weighted by Gasteiger charge is 2.26. The fourth-order valence-electron chi connectivity index (χ4n) is 2.77. The molecule has 0 aliphatic heterocycles. The number of rotatable bonds is 10. The van der Waals surface area contributed by atoms with E-state index in [0.29, 0.717) is 34.7 Å². The van der Waals surface area contributed by atoms with E-state index in [9.17, 15) is 5.11 Å². The minimum absolute atomic E-state index is 0.207. The van der Waals surface area contributed by atoms with Gasteiger partial charge in [0.05, 0.1) is 22.8 Å². The molecule has 0 aliphatic carbocycles. The Labute approximate surface area is 188 Å². The number of aliphatic hydroxyl groups is 1. The molecular formula is C23H29Cl3O3. The fraction of sp³-hybridized carbons (Fsp3) is 0.478. The second-order valence-electron chi connectivity index (χ2n) is 7.86. The van der Waals surface area contributed by atoms with E-state index in [2.05, 4.69) is 13.8 Å². The number of halogens is 3. The lowest BCUT2D eigenvalue weighted by molar-refractivity contribution is 0.104. The molecule has 0 spiro atoms. The van der Waals surface area contributed by atoms with E-state index >= 15 is 0 Å². The Kier molecular flexibility index (Phi) is 8.96. The van der Waals surface area contributed by atoms with Gasteiger partial charge in [-0.15, -0.1) is 11.6 Å². The number of aliphatic hydroxyl groups excluding tert-OH is 1. The molecule has 0 unspecified atom stereocenters. The van der Waals surface area contributed by atoms with Gasteiger partial charge in [-0.2, -0.15) is 0 Å². The molecule has 0 aliphatic rings. The molecule has 0 bridgehead atoms. The van der Waals surface area contributed by atoms with Gasteiger partial charge in [0.25, 0.3) is 0 Å². The third kappa shape index (κ3) is 6.42. The minimum Gasteiger partial charge on any atom is -0.491 e. The maximum Gasteiger partial charge on any atom is 0.156 e. The number of hydrogen-bond donors (Lipinski definition) is 1. The van der Waals surface area contributed by atoms with Crippen LogP contribution in [0.3, 0.4) is 0 Å². The van der Waals surface area contributed by atoms with E-state index in [1.54, 1.807) is 0 Å². The summed E-state index contributed by atoms with van der Waals surface area (Å²) >= 11 is 18.8. The topological polar surface area (TPSA) is 38.7 Å². The summed E-state index contributed by atoms with van der Waals surface area (Å²) in [7, 11) is 0. The molecule has 0 fully saturated rings. The highest BCUT2D eigenvalue weighted by molar-refractivity contribution is 6.37. The molecule has 2 rings (SSSR count). The van der Waals surface area contributed by atoms with Gasteiger partial charge in [-0.1, -0.05) is 63.0 Å². The van der Waals surface area contributed by atoms with Gasteiger partial charge in [-0.25, -0.2) is 0 Å². The van der Waals surface area contributed by atoms with Crippen molar-refractivity contribution in [3.63, 3.8) is 0 Å². The summed E-state index contributed by atoms with van der Waals surface area (Å²) in [4.78, 5) is 0. The maximum absolute atomic E-state index is 9.64. The third-order valence-electron chi connectivity index (χ3n) is 4.99. The molecular weight excluding hydrogens is 431 g/mol. The molecule has 2 aromatic carbocycles. The van der Waals surface area contributed by atoms with Crippen molar-refractivity contribution in [1.82, 2.24) is 0 Å². The van der Waals surface area contributed by atoms with Gasteiger partial charge in [0.1, 0.15) is 12.4 Å². The quantitative estimate of drug-likeness (QED) is 0.401. The van der Waals surface area contributed by atoms with Crippen LogP contribution in [0, 0.1) is 5.92 Å². The summed E-state index contributed by atoms with van der Waals surface area (Å²) in [5, 5.41) is 10.6. The Hall–Kier alpha value is -1.13. The van der Waals surface area contributed by atoms with Crippen molar-refractivity contribution in [2.45, 2.75) is 45.6 Å². The zero-order valence-corrected chi connectivity index (χ0v) is 19.6. The van der Waals surface area contributed by atoms with Crippen molar-refractivity contribution in [2.24, 2.45) is 5.92 Å². The second kappa shape index (κ2) is 10.8. The Morgan fingerprint density at radius 1 is 0.966 bits per heavy atom. The van der Waals surface area contributed by atoms with Crippen LogP contribution in [0.2, 0.25) is 10.0 Å². The summed E-state index contributed by atoms with van der Waals surface area (Å²) in [6, 6.07) is 11.7. The maximum atomic E-state index is 9.64. The average Bonchev–Trinajstić information content (AvgIpc) is 2.71. The van der Waals surface area contributed by atoms with E-state index in [4.69, 9.17) is 44.3 Å². The molecule has 0 saturated carbocycles. The highest BCUT2D eigenvalue weighted by Crippen LogP contribution is 2.40. The smallest absolute Gasteiger partial charge is 0.156 e. The fourth-order valence-corrected chi connectivity index (χ4v) is 3.46. The second-order valence-corrected chi connectivity index (χ2v) is 8.98. The van der Waals surface area contributed by atoms with Crippen molar-refractivity contribution in [2.75, 3.05) is 19.1 Å². The van der Waals surface area contributed by atoms with Crippen LogP contribution < -0.4 is 9.47 Å². The van der Waals surface area contributed by atoms with Crippen LogP contribution >= 0.6 is 34.8 Å². The van der Waals surface area contributed by atoms with E-state index in [-0.39, 0.29) is 17.9 Å². The Balaban J connectivity index is 2.19. The molecule has 3 nitrogen and oxygen atoms in total. The van der Waals surface area contributed by atoms with Crippen LogP contribution in [0.5, 0.6) is 11.5 Å². The van der Waals surface area contributed by atoms with Crippen LogP contribution in [-0.4, -0.2) is 30.3 Å². The predicted molar refractivity (Wildman–Crippen MR) is 122 cm³/mol. The molecule has 160 valence electrons. The molecule has 2 aromatic rings. The van der Waals surface area contributed by atoms with Crippen LogP contribution in [0.25, 0.3) is 0 Å². The molecule has 2 atom stereocenters. The average molecular weight is 460 g/mol. The lowest BCUT2D eigenvalue weighted by Gasteiger charge is -2.27. The van der Waals surface area contributed by atoms with Crippen molar-refractivity contribution < 1.29 is 14.6 Å². The summed E-state index contributed by atoms with van der Waals surface area (Å²) in [6.07, 6.45) is 0.209. The van der Waals surface area contributed by atoms with Crippen molar-refractivity contribution in [3.8, 4) is 11.5 Å². The third-order valence-corrected chi connectivity index (χ3v) is 6.07. The molecule has 0 heterocycles. The van der Waals surface area contributed by atoms with Gasteiger partial charge >= 0.3 is 0 Å². The Bertz CT molecular complexity index is 767. The first-order valence-electron chi connectivity index (χ1n) is 9.78. The predicted octanol–water partition coefficient (Wildman–Crippen LogP) is 6.72. The van der Waals surface area contributed by atoms with Crippen molar-refractivity contribution >= 4 is 34.8 Å². The zero-order chi connectivity index (χ0) is 21.6. The van der Waals surface area contributed by atoms with Crippen LogP contribution in [-0.2, 0) is 5.41 Å². The van der Waals surface area contributed by atoms with Crippen molar-refractivity contribution in [3.05, 3.63) is 57.6 Å². The molecule has 0 amide bonds. The molecule has 29 heavy (non-hydrogen) atoms. The highest BCUT2D eigenvalue weighted by atomic mass is 35.5. The summed E-state index contributed by atoms with van der Waals surface area (Å²) in [5.41, 5.74) is 1.76. The summed E-state index contributed by atoms with van der Waals surface area (Å²) < 4.78 is 11.4. The molecule has 1 N–H and O–H groups in total. The van der Waals surface area contributed by atoms with Crippen LogP contribution in [0.1, 0.15) is 45.2 Å². The minimum atomic E-state index is -0.455. The van der Waals surface area contributed by atoms with Crippen LogP contribution in [0.4, 0.5) is 0 Å². The van der Waals surface area contributed by atoms with Crippen LogP contribution in [0.15, 0.2) is 36.4 Å².